The molecule has 92 valence electrons. The average Bonchev–Trinajstić information content (AvgIpc) is 2.41. The first-order valence-electron chi connectivity index (χ1n) is 5.95. The van der Waals surface area contributed by atoms with E-state index in [-0.39, 0.29) is 5.91 Å². The second-order valence-corrected chi connectivity index (χ2v) is 3.97. The molecule has 0 spiro atoms. The molecule has 0 unspecified atom stereocenters. The largest absolute Gasteiger partial charge is 0.398 e. The topological polar surface area (TPSA) is 46.3 Å². The normalized spacial score (nSPS) is 10.1. The lowest BCUT2D eigenvalue weighted by Gasteiger charge is -2.21. The predicted octanol–water partition coefficient (Wildman–Crippen LogP) is 2.94. The molecule has 0 heterocycles. The Morgan fingerprint density at radius 2 is 1.67 bits per heavy atom. The molecule has 0 aliphatic heterocycles. The van der Waals surface area contributed by atoms with Crippen LogP contribution in [0.4, 0.5) is 11.4 Å². The maximum atomic E-state index is 12.4. The molecule has 1 amide bonds. The zero-order valence-electron chi connectivity index (χ0n) is 10.3. The lowest BCUT2D eigenvalue weighted by Crippen LogP contribution is -2.31. The molecule has 0 saturated carbocycles. The summed E-state index contributed by atoms with van der Waals surface area (Å²) in [6, 6.07) is 16.7. The lowest BCUT2D eigenvalue weighted by molar-refractivity contribution is 0.0989. The highest BCUT2D eigenvalue weighted by Crippen LogP contribution is 2.19. The van der Waals surface area contributed by atoms with Crippen LogP contribution in [0.5, 0.6) is 0 Å². The molecule has 0 saturated heterocycles. The fraction of sp³-hybridized carbons (Fsp3) is 0.133. The van der Waals surface area contributed by atoms with Crippen molar-refractivity contribution in [3.05, 3.63) is 60.2 Å². The quantitative estimate of drug-likeness (QED) is 0.838. The Balaban J connectivity index is 2.35. The number of para-hydroxylation sites is 2. The zero-order valence-corrected chi connectivity index (χ0v) is 10.3. The molecule has 0 fully saturated rings. The fourth-order valence-corrected chi connectivity index (χ4v) is 1.89. The van der Waals surface area contributed by atoms with E-state index >= 15 is 0 Å². The molecule has 2 rings (SSSR count). The highest BCUT2D eigenvalue weighted by molar-refractivity contribution is 6.09. The van der Waals surface area contributed by atoms with Gasteiger partial charge in [0.1, 0.15) is 0 Å². The number of nitrogens with two attached hydrogens (primary N) is 1. The van der Waals surface area contributed by atoms with Gasteiger partial charge in [-0.2, -0.15) is 0 Å². The van der Waals surface area contributed by atoms with E-state index in [2.05, 4.69) is 0 Å². The number of carbonyl (C=O) groups excluding carboxylic acids is 1. The van der Waals surface area contributed by atoms with Crippen LogP contribution in [0.2, 0.25) is 0 Å². The Morgan fingerprint density at radius 3 is 2.28 bits per heavy atom. The number of anilines is 2. The Hall–Kier alpha value is -2.29. The van der Waals surface area contributed by atoms with E-state index in [1.165, 1.54) is 0 Å². The van der Waals surface area contributed by atoms with Crippen LogP contribution < -0.4 is 10.6 Å². The minimum atomic E-state index is -0.0678. The van der Waals surface area contributed by atoms with Crippen molar-refractivity contribution >= 4 is 17.3 Å². The molecule has 3 heteroatoms. The van der Waals surface area contributed by atoms with E-state index in [4.69, 9.17) is 5.73 Å². The number of nitrogen functional groups attached to an aromatic ring is 1. The third-order valence-corrected chi connectivity index (χ3v) is 2.82. The minimum absolute atomic E-state index is 0.0678. The second-order valence-electron chi connectivity index (χ2n) is 3.97. The van der Waals surface area contributed by atoms with Crippen LogP contribution in [0, 0.1) is 0 Å². The van der Waals surface area contributed by atoms with Crippen LogP contribution in [0.1, 0.15) is 17.3 Å². The van der Waals surface area contributed by atoms with Crippen LogP contribution in [0.25, 0.3) is 0 Å². The second kappa shape index (κ2) is 5.36. The van der Waals surface area contributed by atoms with Gasteiger partial charge in [0.25, 0.3) is 5.91 Å². The predicted molar refractivity (Wildman–Crippen MR) is 74.6 cm³/mol. The number of hydrogen-bond acceptors (Lipinski definition) is 2. The molecule has 0 radical (unpaired) electrons. The molecule has 0 atom stereocenters. The van der Waals surface area contributed by atoms with Crippen molar-refractivity contribution in [1.29, 1.82) is 0 Å². The van der Waals surface area contributed by atoms with E-state index in [1.807, 2.05) is 49.4 Å². The van der Waals surface area contributed by atoms with Crippen molar-refractivity contribution in [3.8, 4) is 0 Å². The fourth-order valence-electron chi connectivity index (χ4n) is 1.89. The maximum absolute atomic E-state index is 12.4. The smallest absolute Gasteiger partial charge is 0.260 e. The molecule has 2 aromatic rings. The van der Waals surface area contributed by atoms with E-state index in [1.54, 1.807) is 17.0 Å². The maximum Gasteiger partial charge on any atom is 0.260 e. The van der Waals surface area contributed by atoms with E-state index in [0.29, 0.717) is 17.8 Å². The summed E-state index contributed by atoms with van der Waals surface area (Å²) in [7, 11) is 0. The van der Waals surface area contributed by atoms with Gasteiger partial charge in [-0.25, -0.2) is 0 Å². The molecule has 2 N–H and O–H groups in total. The van der Waals surface area contributed by atoms with Crippen molar-refractivity contribution in [2.75, 3.05) is 17.2 Å². The third-order valence-electron chi connectivity index (χ3n) is 2.82. The Morgan fingerprint density at radius 1 is 1.06 bits per heavy atom. The molecule has 0 aliphatic rings. The van der Waals surface area contributed by atoms with Gasteiger partial charge in [-0.3, -0.25) is 4.79 Å². The summed E-state index contributed by atoms with van der Waals surface area (Å²) in [5.74, 6) is -0.0678. The van der Waals surface area contributed by atoms with Gasteiger partial charge in [-0.05, 0) is 31.2 Å². The van der Waals surface area contributed by atoms with Gasteiger partial charge >= 0.3 is 0 Å². The van der Waals surface area contributed by atoms with Gasteiger partial charge in [0, 0.05) is 17.9 Å². The molecule has 0 bridgehead atoms. The van der Waals surface area contributed by atoms with Crippen LogP contribution in [-0.4, -0.2) is 12.5 Å². The average molecular weight is 240 g/mol. The van der Waals surface area contributed by atoms with E-state index < -0.39 is 0 Å². The van der Waals surface area contributed by atoms with Gasteiger partial charge < -0.3 is 10.6 Å². The molecular weight excluding hydrogens is 224 g/mol. The lowest BCUT2D eigenvalue weighted by atomic mass is 10.1. The first-order chi connectivity index (χ1) is 8.74. The molecule has 0 aliphatic carbocycles. The van der Waals surface area contributed by atoms with E-state index in [9.17, 15) is 4.79 Å². The van der Waals surface area contributed by atoms with Crippen molar-refractivity contribution < 1.29 is 4.79 Å². The Labute approximate surface area is 107 Å². The van der Waals surface area contributed by atoms with Crippen LogP contribution in [0.3, 0.4) is 0 Å². The summed E-state index contributed by atoms with van der Waals surface area (Å²) in [4.78, 5) is 14.2. The van der Waals surface area contributed by atoms with Crippen molar-refractivity contribution in [2.45, 2.75) is 6.92 Å². The van der Waals surface area contributed by atoms with Gasteiger partial charge in [0.15, 0.2) is 0 Å². The van der Waals surface area contributed by atoms with Crippen molar-refractivity contribution in [1.82, 2.24) is 0 Å². The first-order valence-corrected chi connectivity index (χ1v) is 5.95. The highest BCUT2D eigenvalue weighted by Gasteiger charge is 2.17. The number of amides is 1. The van der Waals surface area contributed by atoms with Gasteiger partial charge in [0.2, 0.25) is 0 Å². The van der Waals surface area contributed by atoms with Crippen molar-refractivity contribution in [2.24, 2.45) is 0 Å². The van der Waals surface area contributed by atoms with Gasteiger partial charge in [-0.1, -0.05) is 30.3 Å². The van der Waals surface area contributed by atoms with E-state index in [0.717, 1.165) is 5.69 Å². The van der Waals surface area contributed by atoms with Crippen LogP contribution in [-0.2, 0) is 0 Å². The van der Waals surface area contributed by atoms with Gasteiger partial charge in [0.05, 0.1) is 5.56 Å². The summed E-state index contributed by atoms with van der Waals surface area (Å²) < 4.78 is 0. The summed E-state index contributed by atoms with van der Waals surface area (Å²) in [6.45, 7) is 2.56. The number of benzene rings is 2. The van der Waals surface area contributed by atoms with Crippen LogP contribution >= 0.6 is 0 Å². The summed E-state index contributed by atoms with van der Waals surface area (Å²) in [6.07, 6.45) is 0. The van der Waals surface area contributed by atoms with Crippen LogP contribution in [0.15, 0.2) is 54.6 Å². The standard InChI is InChI=1S/C15H16N2O/c1-2-17(12-8-4-3-5-9-12)15(18)13-10-6-7-11-14(13)16/h3-11H,2,16H2,1H3. The number of nitrogens with zero attached hydrogens (tertiary/aromatic N) is 1. The van der Waals surface area contributed by atoms with Crippen molar-refractivity contribution in [3.63, 3.8) is 0 Å². The summed E-state index contributed by atoms with van der Waals surface area (Å²) in [5, 5.41) is 0. The molecule has 3 nitrogen and oxygen atoms in total. The number of rotatable bonds is 3. The summed E-state index contributed by atoms with van der Waals surface area (Å²) in [5.41, 5.74) is 7.78. The number of carbonyl (C=O) groups is 1. The van der Waals surface area contributed by atoms with Gasteiger partial charge in [-0.15, -0.1) is 0 Å². The molecule has 2 aromatic carbocycles. The molecule has 18 heavy (non-hydrogen) atoms. The third kappa shape index (κ3) is 2.35. The first kappa shape index (κ1) is 12.2. The zero-order chi connectivity index (χ0) is 13.0. The monoisotopic (exact) mass is 240 g/mol. The number of hydrogen-bond donors (Lipinski definition) is 1. The Kier molecular flexibility index (Phi) is 3.63. The summed E-state index contributed by atoms with van der Waals surface area (Å²) >= 11 is 0. The highest BCUT2D eigenvalue weighted by atomic mass is 16.2. The SMILES string of the molecule is CCN(C(=O)c1ccccc1N)c1ccccc1. The minimum Gasteiger partial charge on any atom is -0.398 e. The molecule has 0 aromatic heterocycles. The molecular formula is C15H16N2O. The Bertz CT molecular complexity index is 537.